The lowest BCUT2D eigenvalue weighted by atomic mass is 10.2. The molecule has 1 atom stereocenters. The van der Waals surface area contributed by atoms with Crippen molar-refractivity contribution in [3.8, 4) is 0 Å². The van der Waals surface area contributed by atoms with E-state index >= 15 is 0 Å². The summed E-state index contributed by atoms with van der Waals surface area (Å²) in [4.78, 5) is 44.4. The molecule has 2 aromatic carbocycles. The van der Waals surface area contributed by atoms with Gasteiger partial charge >= 0.3 is 18.2 Å². The molecule has 11 nitrogen and oxygen atoms in total. The van der Waals surface area contributed by atoms with E-state index in [1.165, 1.54) is 7.11 Å². The second-order valence-electron chi connectivity index (χ2n) is 11.3. The number of amides is 2. The Morgan fingerprint density at radius 1 is 0.744 bits per heavy atom. The molecule has 0 unspecified atom stereocenters. The molecule has 2 amide bonds. The molecule has 1 fully saturated rings. The van der Waals surface area contributed by atoms with Crippen LogP contribution in [0.25, 0.3) is 0 Å². The second-order valence-corrected chi connectivity index (χ2v) is 11.3. The number of nitrogens with zero attached hydrogens (tertiary/aromatic N) is 3. The van der Waals surface area contributed by atoms with E-state index in [1.54, 1.807) is 9.80 Å². The highest BCUT2D eigenvalue weighted by molar-refractivity contribution is 5.76. The summed E-state index contributed by atoms with van der Waals surface area (Å²) in [5.74, 6) is -0.450. The summed E-state index contributed by atoms with van der Waals surface area (Å²) < 4.78 is 22.4. The van der Waals surface area contributed by atoms with E-state index in [0.29, 0.717) is 52.4 Å². The minimum atomic E-state index is -0.741. The number of hydrogen-bond acceptors (Lipinski definition) is 9. The molecule has 3 rings (SSSR count). The zero-order valence-corrected chi connectivity index (χ0v) is 25.8. The highest BCUT2D eigenvalue weighted by Crippen LogP contribution is 2.13. The summed E-state index contributed by atoms with van der Waals surface area (Å²) in [7, 11) is 1.34. The Hall–Kier alpha value is -3.67. The van der Waals surface area contributed by atoms with Gasteiger partial charge < -0.3 is 34.1 Å². The van der Waals surface area contributed by atoms with E-state index in [2.05, 4.69) is 5.32 Å². The number of ether oxygens (including phenoxy) is 4. The molecule has 0 aliphatic carbocycles. The van der Waals surface area contributed by atoms with E-state index in [9.17, 15) is 14.4 Å². The predicted octanol–water partition coefficient (Wildman–Crippen LogP) is 3.53. The number of rotatable bonds is 8. The number of esters is 1. The van der Waals surface area contributed by atoms with E-state index in [4.69, 9.17) is 18.9 Å². The van der Waals surface area contributed by atoms with Crippen LogP contribution in [0.5, 0.6) is 0 Å². The van der Waals surface area contributed by atoms with Gasteiger partial charge in [0.2, 0.25) is 0 Å². The topological polar surface area (TPSA) is 110 Å². The first kappa shape index (κ1) is 33.8. The first-order valence-corrected chi connectivity index (χ1v) is 14.7. The number of nitrogens with one attached hydrogen (secondary N) is 1. The van der Waals surface area contributed by atoms with Crippen LogP contribution in [0.1, 0.15) is 31.9 Å². The highest BCUT2D eigenvalue weighted by atomic mass is 16.6. The van der Waals surface area contributed by atoms with Crippen LogP contribution in [-0.4, -0.2) is 111 Å². The first-order valence-electron chi connectivity index (χ1n) is 14.7. The fraction of sp³-hybridized carbons (Fsp3) is 0.531. The fourth-order valence-corrected chi connectivity index (χ4v) is 4.47. The Morgan fingerprint density at radius 3 is 1.63 bits per heavy atom. The average Bonchev–Trinajstić information content (AvgIpc) is 3.00. The van der Waals surface area contributed by atoms with Crippen molar-refractivity contribution in [1.29, 1.82) is 0 Å². The average molecular weight is 599 g/mol. The lowest BCUT2D eigenvalue weighted by Gasteiger charge is -2.35. The molecule has 0 saturated carbocycles. The third kappa shape index (κ3) is 12.2. The van der Waals surface area contributed by atoms with Crippen molar-refractivity contribution in [2.75, 3.05) is 66.1 Å². The maximum Gasteiger partial charge on any atom is 0.410 e. The van der Waals surface area contributed by atoms with Crippen molar-refractivity contribution in [1.82, 2.24) is 20.0 Å². The van der Waals surface area contributed by atoms with Crippen molar-refractivity contribution >= 4 is 18.2 Å². The summed E-state index contributed by atoms with van der Waals surface area (Å²) in [6.45, 7) is 9.22. The lowest BCUT2D eigenvalue weighted by Crippen LogP contribution is -2.53. The summed E-state index contributed by atoms with van der Waals surface area (Å²) in [6, 6.07) is 18.3. The Morgan fingerprint density at radius 2 is 1.21 bits per heavy atom. The summed E-state index contributed by atoms with van der Waals surface area (Å²) in [5.41, 5.74) is 1.31. The highest BCUT2D eigenvalue weighted by Gasteiger charge is 2.31. The maximum atomic E-state index is 13.1. The number of carbonyl (C=O) groups excluding carboxylic acids is 3. The normalized spacial score (nSPS) is 16.4. The molecule has 0 spiro atoms. The van der Waals surface area contributed by atoms with Gasteiger partial charge in [-0.1, -0.05) is 60.7 Å². The second kappa shape index (κ2) is 17.4. The first-order chi connectivity index (χ1) is 20.7. The number of benzene rings is 2. The summed E-state index contributed by atoms with van der Waals surface area (Å²) >= 11 is 0. The molecule has 43 heavy (non-hydrogen) atoms. The zero-order valence-electron chi connectivity index (χ0n) is 25.8. The van der Waals surface area contributed by atoms with Gasteiger partial charge in [0, 0.05) is 52.4 Å². The SMILES string of the molecule is COC(=O)[C@@H](COC(C)(C)C)N1CCN(C(=O)OCc2ccccc2)CCNCCN(C(=O)OCc2ccccc2)CC1. The third-order valence-electron chi connectivity index (χ3n) is 6.95. The fourth-order valence-electron chi connectivity index (χ4n) is 4.47. The monoisotopic (exact) mass is 598 g/mol. The minimum absolute atomic E-state index is 0.0919. The summed E-state index contributed by atoms with van der Waals surface area (Å²) in [6.07, 6.45) is -0.872. The molecule has 0 radical (unpaired) electrons. The maximum absolute atomic E-state index is 13.1. The molecular formula is C32H46N4O7. The van der Waals surface area contributed by atoms with Gasteiger partial charge in [-0.15, -0.1) is 0 Å². The molecule has 236 valence electrons. The van der Waals surface area contributed by atoms with Crippen molar-refractivity contribution in [3.05, 3.63) is 71.8 Å². The van der Waals surface area contributed by atoms with Gasteiger partial charge in [-0.3, -0.25) is 9.69 Å². The van der Waals surface area contributed by atoms with Crippen molar-refractivity contribution in [3.63, 3.8) is 0 Å². The van der Waals surface area contributed by atoms with Gasteiger partial charge in [0.05, 0.1) is 19.3 Å². The molecule has 2 aromatic rings. The zero-order chi connectivity index (χ0) is 31.1. The number of carbonyl (C=O) groups is 3. The molecule has 1 aliphatic rings. The van der Waals surface area contributed by atoms with Gasteiger partial charge in [0.1, 0.15) is 19.3 Å². The van der Waals surface area contributed by atoms with Gasteiger partial charge in [-0.25, -0.2) is 9.59 Å². The Kier molecular flexibility index (Phi) is 13.7. The largest absolute Gasteiger partial charge is 0.468 e. The molecule has 11 heteroatoms. The van der Waals surface area contributed by atoms with Crippen LogP contribution in [-0.2, 0) is 37.0 Å². The molecular weight excluding hydrogens is 552 g/mol. The van der Waals surface area contributed by atoms with E-state index < -0.39 is 29.8 Å². The van der Waals surface area contributed by atoms with Crippen LogP contribution < -0.4 is 5.32 Å². The van der Waals surface area contributed by atoms with E-state index in [1.807, 2.05) is 86.3 Å². The van der Waals surface area contributed by atoms with Gasteiger partial charge in [-0.2, -0.15) is 0 Å². The molecule has 0 bridgehead atoms. The summed E-state index contributed by atoms with van der Waals surface area (Å²) in [5, 5.41) is 3.31. The lowest BCUT2D eigenvalue weighted by molar-refractivity contribution is -0.152. The quantitative estimate of drug-likeness (QED) is 0.361. The van der Waals surface area contributed by atoms with Crippen molar-refractivity contribution < 1.29 is 33.3 Å². The van der Waals surface area contributed by atoms with E-state index in [0.717, 1.165) is 11.1 Å². The number of methoxy groups -OCH3 is 1. The van der Waals surface area contributed by atoms with E-state index in [-0.39, 0.29) is 19.8 Å². The predicted molar refractivity (Wildman–Crippen MR) is 162 cm³/mol. The molecule has 1 aliphatic heterocycles. The van der Waals surface area contributed by atoms with Gasteiger partial charge in [0.15, 0.2) is 0 Å². The molecule has 0 aromatic heterocycles. The van der Waals surface area contributed by atoms with Crippen LogP contribution in [0.3, 0.4) is 0 Å². The van der Waals surface area contributed by atoms with Crippen molar-refractivity contribution in [2.45, 2.75) is 45.6 Å². The third-order valence-corrected chi connectivity index (χ3v) is 6.95. The number of hydrogen-bond donors (Lipinski definition) is 1. The molecule has 1 N–H and O–H groups in total. The Labute approximate surface area is 255 Å². The van der Waals surface area contributed by atoms with Crippen LogP contribution >= 0.6 is 0 Å². The minimum Gasteiger partial charge on any atom is -0.468 e. The smallest absolute Gasteiger partial charge is 0.410 e. The van der Waals surface area contributed by atoms with Crippen LogP contribution in [0.4, 0.5) is 9.59 Å². The van der Waals surface area contributed by atoms with Crippen molar-refractivity contribution in [2.24, 2.45) is 0 Å². The van der Waals surface area contributed by atoms with Crippen LogP contribution in [0.2, 0.25) is 0 Å². The van der Waals surface area contributed by atoms with Crippen LogP contribution in [0.15, 0.2) is 60.7 Å². The standard InChI is InChI=1S/C32H46N4O7/c1-32(2,3)43-25-28(29(37)40-4)34-19-21-35(30(38)41-23-26-11-7-5-8-12-26)17-15-33-16-18-36(22-20-34)31(39)42-24-27-13-9-6-10-14-27/h5-14,28,33H,15-25H2,1-4H3/t28-/m1/s1. The van der Waals surface area contributed by atoms with Crippen LogP contribution in [0, 0.1) is 0 Å². The van der Waals surface area contributed by atoms with Gasteiger partial charge in [0.25, 0.3) is 0 Å². The Balaban J connectivity index is 1.74. The molecule has 1 heterocycles. The Bertz CT molecular complexity index is 1060. The van der Waals surface area contributed by atoms with Gasteiger partial charge in [-0.05, 0) is 31.9 Å². The molecule has 1 saturated heterocycles.